The Bertz CT molecular complexity index is 403. The van der Waals surface area contributed by atoms with Gasteiger partial charge in [-0.25, -0.2) is 0 Å². The topological polar surface area (TPSA) is 60.2 Å². The molecular formula is C13H21N3O2. The second-order valence-corrected chi connectivity index (χ2v) is 5.45. The van der Waals surface area contributed by atoms with Gasteiger partial charge in [0.25, 0.3) is 0 Å². The zero-order valence-corrected chi connectivity index (χ0v) is 11.1. The number of aromatic nitrogens is 2. The Morgan fingerprint density at radius 2 is 2.28 bits per heavy atom. The summed E-state index contributed by atoms with van der Waals surface area (Å²) >= 11 is 0. The molecule has 3 atom stereocenters. The molecule has 5 heteroatoms. The van der Waals surface area contributed by atoms with Crippen LogP contribution in [0.4, 0.5) is 0 Å². The minimum absolute atomic E-state index is 0.0390. The Hall–Kier alpha value is -0.940. The first-order valence-corrected chi connectivity index (χ1v) is 6.95. The standard InChI is InChI=1S/C13H21N3O2/c1-3-17-11(9-4-5-9)12-15-13(18-16-12)10-7-14-6-8(10)2/h8-11,14H,3-7H2,1-2H3. The molecule has 2 fully saturated rings. The summed E-state index contributed by atoms with van der Waals surface area (Å²) in [5.74, 6) is 3.02. The van der Waals surface area contributed by atoms with Crippen molar-refractivity contribution in [1.82, 2.24) is 15.5 Å². The summed E-state index contributed by atoms with van der Waals surface area (Å²) in [7, 11) is 0. The highest BCUT2D eigenvalue weighted by Gasteiger charge is 2.37. The summed E-state index contributed by atoms with van der Waals surface area (Å²) in [5.41, 5.74) is 0. The van der Waals surface area contributed by atoms with Crippen LogP contribution in [0.3, 0.4) is 0 Å². The lowest BCUT2D eigenvalue weighted by atomic mass is 9.98. The fraction of sp³-hybridized carbons (Fsp3) is 0.846. The Morgan fingerprint density at radius 3 is 2.89 bits per heavy atom. The normalized spacial score (nSPS) is 29.7. The predicted molar refractivity (Wildman–Crippen MR) is 66.2 cm³/mol. The zero-order chi connectivity index (χ0) is 12.5. The summed E-state index contributed by atoms with van der Waals surface area (Å²) in [5, 5.41) is 7.50. The molecule has 100 valence electrons. The molecule has 1 N–H and O–H groups in total. The van der Waals surface area contributed by atoms with E-state index in [1.807, 2.05) is 6.92 Å². The molecule has 1 saturated heterocycles. The first kappa shape index (κ1) is 12.1. The monoisotopic (exact) mass is 251 g/mol. The van der Waals surface area contributed by atoms with Crippen molar-refractivity contribution in [1.29, 1.82) is 0 Å². The van der Waals surface area contributed by atoms with E-state index in [1.54, 1.807) is 0 Å². The van der Waals surface area contributed by atoms with Gasteiger partial charge in [0.15, 0.2) is 0 Å². The second kappa shape index (κ2) is 4.97. The van der Waals surface area contributed by atoms with Crippen LogP contribution in [0.25, 0.3) is 0 Å². The molecule has 2 aliphatic rings. The average Bonchev–Trinajstić information content (AvgIpc) is 2.93. The van der Waals surface area contributed by atoms with E-state index in [0.29, 0.717) is 24.4 Å². The van der Waals surface area contributed by atoms with Crippen LogP contribution in [-0.2, 0) is 4.74 Å². The molecule has 5 nitrogen and oxygen atoms in total. The summed E-state index contributed by atoms with van der Waals surface area (Å²) in [6.45, 7) is 6.90. The first-order chi connectivity index (χ1) is 8.79. The van der Waals surface area contributed by atoms with Gasteiger partial charge in [-0.3, -0.25) is 0 Å². The van der Waals surface area contributed by atoms with E-state index < -0.39 is 0 Å². The van der Waals surface area contributed by atoms with Crippen LogP contribution in [0.1, 0.15) is 50.4 Å². The van der Waals surface area contributed by atoms with E-state index in [-0.39, 0.29) is 6.10 Å². The van der Waals surface area contributed by atoms with Gasteiger partial charge in [-0.2, -0.15) is 4.98 Å². The third-order valence-corrected chi connectivity index (χ3v) is 3.94. The van der Waals surface area contributed by atoms with Crippen LogP contribution < -0.4 is 5.32 Å². The molecule has 1 aliphatic carbocycles. The quantitative estimate of drug-likeness (QED) is 0.865. The van der Waals surface area contributed by atoms with E-state index in [2.05, 4.69) is 22.4 Å². The van der Waals surface area contributed by atoms with Gasteiger partial charge in [-0.1, -0.05) is 12.1 Å². The van der Waals surface area contributed by atoms with Crippen LogP contribution in [0, 0.1) is 11.8 Å². The van der Waals surface area contributed by atoms with Gasteiger partial charge < -0.3 is 14.6 Å². The van der Waals surface area contributed by atoms with Crippen molar-refractivity contribution in [2.45, 2.75) is 38.7 Å². The van der Waals surface area contributed by atoms with Crippen molar-refractivity contribution in [3.8, 4) is 0 Å². The number of ether oxygens (including phenoxy) is 1. The molecular weight excluding hydrogens is 230 g/mol. The lowest BCUT2D eigenvalue weighted by molar-refractivity contribution is 0.0384. The first-order valence-electron chi connectivity index (χ1n) is 6.95. The minimum atomic E-state index is 0.0390. The highest BCUT2D eigenvalue weighted by Crippen LogP contribution is 2.42. The van der Waals surface area contributed by atoms with Crippen molar-refractivity contribution >= 4 is 0 Å². The molecule has 1 saturated carbocycles. The zero-order valence-electron chi connectivity index (χ0n) is 11.1. The molecule has 3 rings (SSSR count). The largest absolute Gasteiger partial charge is 0.370 e. The molecule has 0 amide bonds. The predicted octanol–water partition coefficient (Wildman–Crippen LogP) is 1.88. The lowest BCUT2D eigenvalue weighted by Crippen LogP contribution is -2.10. The number of hydrogen-bond donors (Lipinski definition) is 1. The maximum atomic E-state index is 5.75. The Labute approximate surface area is 107 Å². The van der Waals surface area contributed by atoms with Crippen LogP contribution in [0.15, 0.2) is 4.52 Å². The Balaban J connectivity index is 1.75. The molecule has 2 heterocycles. The Kier molecular flexibility index (Phi) is 3.35. The molecule has 1 aromatic heterocycles. The van der Waals surface area contributed by atoms with E-state index >= 15 is 0 Å². The second-order valence-electron chi connectivity index (χ2n) is 5.45. The highest BCUT2D eigenvalue weighted by atomic mass is 16.5. The molecule has 1 aromatic rings. The molecule has 0 spiro atoms. The molecule has 1 aliphatic heterocycles. The molecule has 0 aromatic carbocycles. The van der Waals surface area contributed by atoms with E-state index in [1.165, 1.54) is 12.8 Å². The van der Waals surface area contributed by atoms with E-state index in [4.69, 9.17) is 9.26 Å². The summed E-state index contributed by atoms with van der Waals surface area (Å²) in [6, 6.07) is 0. The van der Waals surface area contributed by atoms with Crippen molar-refractivity contribution < 1.29 is 9.26 Å². The molecule has 18 heavy (non-hydrogen) atoms. The smallest absolute Gasteiger partial charge is 0.231 e. The van der Waals surface area contributed by atoms with Crippen LogP contribution >= 0.6 is 0 Å². The van der Waals surface area contributed by atoms with Crippen molar-refractivity contribution in [2.24, 2.45) is 11.8 Å². The Morgan fingerprint density at radius 1 is 1.44 bits per heavy atom. The van der Waals surface area contributed by atoms with Gasteiger partial charge in [-0.15, -0.1) is 0 Å². The third kappa shape index (κ3) is 2.29. The average molecular weight is 251 g/mol. The third-order valence-electron chi connectivity index (χ3n) is 3.94. The molecule has 0 bridgehead atoms. The highest BCUT2D eigenvalue weighted by molar-refractivity contribution is 5.04. The fourth-order valence-electron chi connectivity index (χ4n) is 2.65. The van der Waals surface area contributed by atoms with E-state index in [9.17, 15) is 0 Å². The maximum absolute atomic E-state index is 5.75. The van der Waals surface area contributed by atoms with Gasteiger partial charge in [0.05, 0.1) is 5.92 Å². The van der Waals surface area contributed by atoms with Gasteiger partial charge in [-0.05, 0) is 38.1 Å². The SMILES string of the molecule is CCOC(c1noc(C2CNCC2C)n1)C1CC1. The van der Waals surface area contributed by atoms with Crippen molar-refractivity contribution in [2.75, 3.05) is 19.7 Å². The van der Waals surface area contributed by atoms with Gasteiger partial charge in [0, 0.05) is 13.2 Å². The lowest BCUT2D eigenvalue weighted by Gasteiger charge is -2.11. The van der Waals surface area contributed by atoms with Crippen LogP contribution in [-0.4, -0.2) is 29.8 Å². The van der Waals surface area contributed by atoms with Crippen molar-refractivity contribution in [3.05, 3.63) is 11.7 Å². The van der Waals surface area contributed by atoms with Gasteiger partial charge >= 0.3 is 0 Å². The van der Waals surface area contributed by atoms with E-state index in [0.717, 1.165) is 24.8 Å². The number of nitrogens with zero attached hydrogens (tertiary/aromatic N) is 2. The van der Waals surface area contributed by atoms with Crippen LogP contribution in [0.2, 0.25) is 0 Å². The maximum Gasteiger partial charge on any atom is 0.231 e. The number of nitrogens with one attached hydrogen (secondary N) is 1. The molecule has 0 radical (unpaired) electrons. The summed E-state index contributed by atoms with van der Waals surface area (Å²) in [6.07, 6.45) is 2.48. The fourth-order valence-corrected chi connectivity index (χ4v) is 2.65. The van der Waals surface area contributed by atoms with Crippen molar-refractivity contribution in [3.63, 3.8) is 0 Å². The number of rotatable bonds is 5. The summed E-state index contributed by atoms with van der Waals surface area (Å²) < 4.78 is 11.2. The number of hydrogen-bond acceptors (Lipinski definition) is 5. The van der Waals surface area contributed by atoms with Crippen LogP contribution in [0.5, 0.6) is 0 Å². The van der Waals surface area contributed by atoms with Gasteiger partial charge in [0.2, 0.25) is 11.7 Å². The minimum Gasteiger partial charge on any atom is -0.370 e. The van der Waals surface area contributed by atoms with Gasteiger partial charge in [0.1, 0.15) is 6.10 Å². The molecule has 3 unspecified atom stereocenters. The summed E-state index contributed by atoms with van der Waals surface area (Å²) in [4.78, 5) is 4.58.